The summed E-state index contributed by atoms with van der Waals surface area (Å²) in [6.45, 7) is -1.97. The molecule has 0 unspecified atom stereocenters. The van der Waals surface area contributed by atoms with E-state index >= 15 is 0 Å². The van der Waals surface area contributed by atoms with Crippen LogP contribution in [0.1, 0.15) is 0 Å². The summed E-state index contributed by atoms with van der Waals surface area (Å²) in [4.78, 5) is 0. The molecular weight excluding hydrogens is 206 g/mol. The van der Waals surface area contributed by atoms with Gasteiger partial charge in [0, 0.05) is 7.11 Å². The van der Waals surface area contributed by atoms with E-state index in [9.17, 15) is 26.3 Å². The van der Waals surface area contributed by atoms with Crippen LogP contribution in [0.25, 0.3) is 0 Å². The van der Waals surface area contributed by atoms with E-state index in [1.54, 1.807) is 0 Å². The van der Waals surface area contributed by atoms with Crippen molar-refractivity contribution in [3.05, 3.63) is 0 Å². The van der Waals surface area contributed by atoms with Gasteiger partial charge >= 0.3 is 12.3 Å². The Morgan fingerprint density at radius 1 is 1.15 bits per heavy atom. The monoisotopic (exact) mass is 212 g/mol. The summed E-state index contributed by atoms with van der Waals surface area (Å²) in [6.07, 6.45) is -13.6. The van der Waals surface area contributed by atoms with Gasteiger partial charge in [0.1, 0.15) is 0 Å². The van der Waals surface area contributed by atoms with Crippen molar-refractivity contribution in [1.82, 2.24) is 0 Å². The average molecular weight is 212 g/mol. The third-order valence-electron chi connectivity index (χ3n) is 1.10. The van der Waals surface area contributed by atoms with Crippen LogP contribution in [-0.2, 0) is 9.47 Å². The number of rotatable bonds is 4. The molecule has 0 heterocycles. The highest BCUT2D eigenvalue weighted by Crippen LogP contribution is 2.34. The summed E-state index contributed by atoms with van der Waals surface area (Å²) in [6, 6.07) is 0. The second-order valence-electron chi connectivity index (χ2n) is 1.96. The molecule has 0 saturated heterocycles. The summed E-state index contributed by atoms with van der Waals surface area (Å²) in [5, 5.41) is 0. The van der Waals surface area contributed by atoms with Crippen molar-refractivity contribution in [2.75, 3.05) is 14.0 Å². The minimum Gasteiger partial charge on any atom is -0.329 e. The zero-order valence-corrected chi connectivity index (χ0v) is 6.37. The van der Waals surface area contributed by atoms with Crippen molar-refractivity contribution in [3.8, 4) is 0 Å². The standard InChI is InChI=1S/C5H6F6O2/c1-12-5(10,11)3(13-2-6)4(7,8)9/h3H,2H2,1H3/t3-/m0/s1. The molecule has 0 radical (unpaired) electrons. The van der Waals surface area contributed by atoms with E-state index in [4.69, 9.17) is 0 Å². The maximum absolute atomic E-state index is 12.3. The highest BCUT2D eigenvalue weighted by Gasteiger charge is 2.57. The Bertz CT molecular complexity index is 156. The van der Waals surface area contributed by atoms with Gasteiger partial charge in [-0.15, -0.1) is 0 Å². The van der Waals surface area contributed by atoms with Crippen LogP contribution in [0.4, 0.5) is 26.3 Å². The SMILES string of the molecule is COC(F)(F)[C@@H](OCF)C(F)(F)F. The molecule has 0 bridgehead atoms. The van der Waals surface area contributed by atoms with Gasteiger partial charge in [0.2, 0.25) is 6.10 Å². The average Bonchev–Trinajstić information content (AvgIpc) is 1.98. The molecule has 2 nitrogen and oxygen atoms in total. The Labute approximate surface area is 69.4 Å². The summed E-state index contributed by atoms with van der Waals surface area (Å²) in [5.41, 5.74) is 0. The van der Waals surface area contributed by atoms with Crippen LogP contribution < -0.4 is 0 Å². The first-order valence-corrected chi connectivity index (χ1v) is 2.93. The minimum absolute atomic E-state index is 0.361. The fraction of sp³-hybridized carbons (Fsp3) is 1.00. The lowest BCUT2D eigenvalue weighted by Crippen LogP contribution is -2.47. The third kappa shape index (κ3) is 3.39. The second kappa shape index (κ2) is 4.14. The minimum atomic E-state index is -5.38. The van der Waals surface area contributed by atoms with Gasteiger partial charge in [0.15, 0.2) is 6.86 Å². The topological polar surface area (TPSA) is 18.5 Å². The van der Waals surface area contributed by atoms with E-state index < -0.39 is 25.2 Å². The molecule has 0 amide bonds. The summed E-state index contributed by atoms with van der Waals surface area (Å²) < 4.78 is 77.5. The molecule has 0 saturated carbocycles. The van der Waals surface area contributed by atoms with Crippen LogP contribution in [-0.4, -0.2) is 32.4 Å². The summed E-state index contributed by atoms with van der Waals surface area (Å²) in [5.74, 6) is 0. The predicted octanol–water partition coefficient (Wildman–Crippen LogP) is 2.10. The molecule has 0 aliphatic rings. The van der Waals surface area contributed by atoms with Gasteiger partial charge in [-0.05, 0) is 0 Å². The van der Waals surface area contributed by atoms with Crippen LogP contribution >= 0.6 is 0 Å². The first-order valence-electron chi connectivity index (χ1n) is 2.93. The molecule has 0 aliphatic carbocycles. The lowest BCUT2D eigenvalue weighted by atomic mass is 10.3. The summed E-state index contributed by atoms with van der Waals surface area (Å²) >= 11 is 0. The van der Waals surface area contributed by atoms with Gasteiger partial charge in [-0.25, -0.2) is 4.39 Å². The smallest absolute Gasteiger partial charge is 0.329 e. The van der Waals surface area contributed by atoms with Gasteiger partial charge in [-0.1, -0.05) is 0 Å². The Hall–Kier alpha value is -0.500. The summed E-state index contributed by atoms with van der Waals surface area (Å²) in [7, 11) is 0.361. The van der Waals surface area contributed by atoms with E-state index in [1.807, 2.05) is 0 Å². The van der Waals surface area contributed by atoms with Crippen LogP contribution in [0.3, 0.4) is 0 Å². The molecule has 0 rings (SSSR count). The molecule has 13 heavy (non-hydrogen) atoms. The maximum atomic E-state index is 12.3. The van der Waals surface area contributed by atoms with E-state index in [1.165, 1.54) is 0 Å². The Kier molecular flexibility index (Phi) is 3.98. The largest absolute Gasteiger partial charge is 0.423 e. The number of halogens is 6. The van der Waals surface area contributed by atoms with Crippen LogP contribution in [0.15, 0.2) is 0 Å². The maximum Gasteiger partial charge on any atom is 0.423 e. The molecule has 8 heteroatoms. The van der Waals surface area contributed by atoms with Crippen molar-refractivity contribution >= 4 is 0 Å². The fourth-order valence-corrected chi connectivity index (χ4v) is 0.552. The molecule has 0 aromatic carbocycles. The zero-order valence-electron chi connectivity index (χ0n) is 6.37. The first-order chi connectivity index (χ1) is 5.75. The van der Waals surface area contributed by atoms with E-state index in [2.05, 4.69) is 9.47 Å². The van der Waals surface area contributed by atoms with Gasteiger partial charge in [0.25, 0.3) is 0 Å². The second-order valence-corrected chi connectivity index (χ2v) is 1.96. The molecule has 80 valence electrons. The van der Waals surface area contributed by atoms with Gasteiger partial charge < -0.3 is 9.47 Å². The molecule has 1 atom stereocenters. The molecule has 0 N–H and O–H groups in total. The zero-order chi connectivity index (χ0) is 10.7. The molecule has 0 aliphatic heterocycles. The fourth-order valence-electron chi connectivity index (χ4n) is 0.552. The van der Waals surface area contributed by atoms with Gasteiger partial charge in [-0.3, -0.25) is 0 Å². The number of methoxy groups -OCH3 is 1. The van der Waals surface area contributed by atoms with Crippen LogP contribution in [0, 0.1) is 0 Å². The first kappa shape index (κ1) is 12.5. The Morgan fingerprint density at radius 3 is 1.85 bits per heavy atom. The van der Waals surface area contributed by atoms with Gasteiger partial charge in [-0.2, -0.15) is 22.0 Å². The van der Waals surface area contributed by atoms with Crippen molar-refractivity contribution < 1.29 is 35.8 Å². The highest BCUT2D eigenvalue weighted by molar-refractivity contribution is 4.76. The van der Waals surface area contributed by atoms with Crippen molar-refractivity contribution in [2.45, 2.75) is 18.4 Å². The van der Waals surface area contributed by atoms with Crippen LogP contribution in [0.5, 0.6) is 0 Å². The molecular formula is C5H6F6O2. The molecule has 0 spiro atoms. The van der Waals surface area contributed by atoms with Crippen molar-refractivity contribution in [3.63, 3.8) is 0 Å². The molecule has 0 aromatic heterocycles. The third-order valence-corrected chi connectivity index (χ3v) is 1.10. The quantitative estimate of drug-likeness (QED) is 0.664. The van der Waals surface area contributed by atoms with Gasteiger partial charge in [0.05, 0.1) is 0 Å². The lowest BCUT2D eigenvalue weighted by Gasteiger charge is -2.25. The number of alkyl halides is 6. The van der Waals surface area contributed by atoms with E-state index in [0.29, 0.717) is 7.11 Å². The molecule has 0 fully saturated rings. The number of hydrogen-bond donors (Lipinski definition) is 0. The van der Waals surface area contributed by atoms with Crippen molar-refractivity contribution in [1.29, 1.82) is 0 Å². The number of ether oxygens (including phenoxy) is 2. The van der Waals surface area contributed by atoms with Crippen LogP contribution in [0.2, 0.25) is 0 Å². The molecule has 0 aromatic rings. The van der Waals surface area contributed by atoms with E-state index in [-0.39, 0.29) is 0 Å². The number of hydrogen-bond acceptors (Lipinski definition) is 2. The Morgan fingerprint density at radius 2 is 1.62 bits per heavy atom. The normalized spacial score (nSPS) is 15.9. The van der Waals surface area contributed by atoms with E-state index in [0.717, 1.165) is 0 Å². The lowest BCUT2D eigenvalue weighted by molar-refractivity contribution is -0.361. The predicted molar refractivity (Wildman–Crippen MR) is 28.9 cm³/mol. The van der Waals surface area contributed by atoms with Crippen molar-refractivity contribution in [2.24, 2.45) is 0 Å². The Balaban J connectivity index is 4.60. The highest BCUT2D eigenvalue weighted by atomic mass is 19.4.